The molecule has 0 amide bonds. The standard InChI is InChI=1S/C16H18ClNO/c1-10-5-7-11(8-6-10)16(19)12-9-18-14-4-2-3-13(17)15(12)14/h2-4,9-11,18H,5-8H2,1H3. The zero-order valence-electron chi connectivity index (χ0n) is 11.1. The molecule has 0 atom stereocenters. The molecule has 2 nitrogen and oxygen atoms in total. The number of carbonyl (C=O) groups is 1. The molecule has 3 heteroatoms. The van der Waals surface area contributed by atoms with Gasteiger partial charge in [-0.3, -0.25) is 4.79 Å². The first kappa shape index (κ1) is 12.7. The number of ketones is 1. The smallest absolute Gasteiger partial charge is 0.168 e. The number of benzene rings is 1. The van der Waals surface area contributed by atoms with Crippen molar-refractivity contribution in [1.82, 2.24) is 4.98 Å². The van der Waals surface area contributed by atoms with Gasteiger partial charge in [0.2, 0.25) is 0 Å². The van der Waals surface area contributed by atoms with Crippen LogP contribution in [0.4, 0.5) is 0 Å². The van der Waals surface area contributed by atoms with Gasteiger partial charge in [0, 0.05) is 28.6 Å². The molecule has 1 aliphatic rings. The maximum Gasteiger partial charge on any atom is 0.168 e. The first-order valence-electron chi connectivity index (χ1n) is 6.96. The van der Waals surface area contributed by atoms with Crippen molar-refractivity contribution >= 4 is 28.3 Å². The molecule has 1 aliphatic carbocycles. The summed E-state index contributed by atoms with van der Waals surface area (Å²) in [5, 5.41) is 1.54. The van der Waals surface area contributed by atoms with Crippen LogP contribution >= 0.6 is 11.6 Å². The molecule has 0 unspecified atom stereocenters. The van der Waals surface area contributed by atoms with Crippen molar-refractivity contribution in [2.24, 2.45) is 11.8 Å². The van der Waals surface area contributed by atoms with Gasteiger partial charge in [-0.05, 0) is 30.9 Å². The summed E-state index contributed by atoms with van der Waals surface area (Å²) in [6, 6.07) is 5.70. The Labute approximate surface area is 118 Å². The zero-order valence-corrected chi connectivity index (χ0v) is 11.8. The third-order valence-corrected chi connectivity index (χ3v) is 4.62. The van der Waals surface area contributed by atoms with Gasteiger partial charge in [-0.25, -0.2) is 0 Å². The summed E-state index contributed by atoms with van der Waals surface area (Å²) in [4.78, 5) is 15.8. The summed E-state index contributed by atoms with van der Waals surface area (Å²) in [5.41, 5.74) is 1.71. The molecule has 0 bridgehead atoms. The van der Waals surface area contributed by atoms with Gasteiger partial charge in [0.1, 0.15) is 0 Å². The van der Waals surface area contributed by atoms with Crippen LogP contribution in [0.1, 0.15) is 43.0 Å². The van der Waals surface area contributed by atoms with Crippen LogP contribution in [0, 0.1) is 11.8 Å². The fourth-order valence-corrected chi connectivity index (χ4v) is 3.35. The molecule has 1 fully saturated rings. The number of hydrogen-bond acceptors (Lipinski definition) is 1. The Morgan fingerprint density at radius 2 is 2.00 bits per heavy atom. The number of aromatic nitrogens is 1. The van der Waals surface area contributed by atoms with E-state index in [2.05, 4.69) is 11.9 Å². The molecule has 1 saturated carbocycles. The van der Waals surface area contributed by atoms with Crippen molar-refractivity contribution in [1.29, 1.82) is 0 Å². The van der Waals surface area contributed by atoms with Gasteiger partial charge in [-0.1, -0.05) is 37.4 Å². The van der Waals surface area contributed by atoms with Crippen LogP contribution in [0.25, 0.3) is 10.9 Å². The summed E-state index contributed by atoms with van der Waals surface area (Å²) < 4.78 is 0. The fourth-order valence-electron chi connectivity index (χ4n) is 3.08. The van der Waals surface area contributed by atoms with Gasteiger partial charge in [-0.2, -0.15) is 0 Å². The molecule has 1 N–H and O–H groups in total. The van der Waals surface area contributed by atoms with Gasteiger partial charge in [0.15, 0.2) is 5.78 Å². The Kier molecular flexibility index (Phi) is 3.36. The van der Waals surface area contributed by atoms with Gasteiger partial charge < -0.3 is 4.98 Å². The molecule has 0 saturated heterocycles. The van der Waals surface area contributed by atoms with E-state index in [0.29, 0.717) is 5.02 Å². The van der Waals surface area contributed by atoms with Crippen LogP contribution < -0.4 is 0 Å². The van der Waals surface area contributed by atoms with Crippen molar-refractivity contribution < 1.29 is 4.79 Å². The third-order valence-electron chi connectivity index (χ3n) is 4.31. The highest BCUT2D eigenvalue weighted by molar-refractivity contribution is 6.36. The summed E-state index contributed by atoms with van der Waals surface area (Å²) in [6.45, 7) is 2.27. The van der Waals surface area contributed by atoms with Crippen LogP contribution in [-0.2, 0) is 0 Å². The highest BCUT2D eigenvalue weighted by Crippen LogP contribution is 2.34. The van der Waals surface area contributed by atoms with Crippen LogP contribution in [0.3, 0.4) is 0 Å². The molecule has 1 aromatic heterocycles. The van der Waals surface area contributed by atoms with E-state index in [4.69, 9.17) is 11.6 Å². The topological polar surface area (TPSA) is 32.9 Å². The molecule has 19 heavy (non-hydrogen) atoms. The molecule has 1 heterocycles. The number of hydrogen-bond donors (Lipinski definition) is 1. The van der Waals surface area contributed by atoms with E-state index in [1.165, 1.54) is 0 Å². The Bertz CT molecular complexity index is 608. The van der Waals surface area contributed by atoms with E-state index >= 15 is 0 Å². The summed E-state index contributed by atoms with van der Waals surface area (Å²) in [6.07, 6.45) is 6.16. The van der Waals surface area contributed by atoms with Crippen LogP contribution in [0.5, 0.6) is 0 Å². The van der Waals surface area contributed by atoms with Crippen LogP contribution in [0.15, 0.2) is 24.4 Å². The lowest BCUT2D eigenvalue weighted by Gasteiger charge is -2.24. The zero-order chi connectivity index (χ0) is 13.4. The number of halogens is 1. The normalized spacial score (nSPS) is 23.7. The minimum Gasteiger partial charge on any atom is -0.360 e. The summed E-state index contributed by atoms with van der Waals surface area (Å²) in [7, 11) is 0. The van der Waals surface area contributed by atoms with Gasteiger partial charge in [-0.15, -0.1) is 0 Å². The van der Waals surface area contributed by atoms with E-state index in [1.807, 2.05) is 24.4 Å². The molecule has 0 aliphatic heterocycles. The number of carbonyl (C=O) groups excluding carboxylic acids is 1. The van der Waals surface area contributed by atoms with E-state index < -0.39 is 0 Å². The SMILES string of the molecule is CC1CCC(C(=O)c2c[nH]c3cccc(Cl)c23)CC1. The minimum absolute atomic E-state index is 0.173. The molecule has 0 radical (unpaired) electrons. The lowest BCUT2D eigenvalue weighted by Crippen LogP contribution is -2.20. The second kappa shape index (κ2) is 5.01. The molecule has 3 rings (SSSR count). The van der Waals surface area contributed by atoms with Crippen LogP contribution in [0.2, 0.25) is 5.02 Å². The quantitative estimate of drug-likeness (QED) is 0.782. The third kappa shape index (κ3) is 2.30. The van der Waals surface area contributed by atoms with Crippen molar-refractivity contribution in [3.8, 4) is 0 Å². The second-order valence-corrected chi connectivity index (χ2v) is 6.09. The minimum atomic E-state index is 0.173. The highest BCUT2D eigenvalue weighted by atomic mass is 35.5. The number of fused-ring (bicyclic) bond motifs is 1. The fraction of sp³-hybridized carbons (Fsp3) is 0.438. The average molecular weight is 276 g/mol. The van der Waals surface area contributed by atoms with Gasteiger partial charge >= 0.3 is 0 Å². The van der Waals surface area contributed by atoms with Crippen molar-refractivity contribution in [3.05, 3.63) is 35.0 Å². The van der Waals surface area contributed by atoms with E-state index in [0.717, 1.165) is 48.1 Å². The van der Waals surface area contributed by atoms with E-state index in [1.54, 1.807) is 0 Å². The average Bonchev–Trinajstić information content (AvgIpc) is 2.84. The molecule has 1 aromatic carbocycles. The lowest BCUT2D eigenvalue weighted by atomic mass is 9.79. The molecule has 0 spiro atoms. The first-order chi connectivity index (χ1) is 9.16. The van der Waals surface area contributed by atoms with Gasteiger partial charge in [0.05, 0.1) is 5.02 Å². The second-order valence-electron chi connectivity index (χ2n) is 5.69. The number of H-pyrrole nitrogens is 1. The van der Waals surface area contributed by atoms with Crippen molar-refractivity contribution in [2.45, 2.75) is 32.6 Å². The first-order valence-corrected chi connectivity index (χ1v) is 7.34. The highest BCUT2D eigenvalue weighted by Gasteiger charge is 2.27. The molecular weight excluding hydrogens is 258 g/mol. The lowest BCUT2D eigenvalue weighted by molar-refractivity contribution is 0.0877. The number of rotatable bonds is 2. The van der Waals surface area contributed by atoms with Gasteiger partial charge in [0.25, 0.3) is 0 Å². The number of nitrogens with one attached hydrogen (secondary N) is 1. The number of Topliss-reactive ketones (excluding diaryl/α,β-unsaturated/α-hetero) is 1. The van der Waals surface area contributed by atoms with Crippen molar-refractivity contribution in [2.75, 3.05) is 0 Å². The predicted molar refractivity (Wildman–Crippen MR) is 78.8 cm³/mol. The maximum atomic E-state index is 12.7. The molecule has 100 valence electrons. The largest absolute Gasteiger partial charge is 0.360 e. The summed E-state index contributed by atoms with van der Waals surface area (Å²) >= 11 is 6.24. The van der Waals surface area contributed by atoms with Crippen molar-refractivity contribution in [3.63, 3.8) is 0 Å². The predicted octanol–water partition coefficient (Wildman–Crippen LogP) is 4.83. The summed E-state index contributed by atoms with van der Waals surface area (Å²) in [5.74, 6) is 1.19. The Morgan fingerprint density at radius 3 is 2.74 bits per heavy atom. The monoisotopic (exact) mass is 275 g/mol. The number of aromatic amines is 1. The molecule has 2 aromatic rings. The Hall–Kier alpha value is -1.28. The van der Waals surface area contributed by atoms with E-state index in [9.17, 15) is 4.79 Å². The maximum absolute atomic E-state index is 12.7. The Morgan fingerprint density at radius 1 is 1.26 bits per heavy atom. The van der Waals surface area contributed by atoms with E-state index in [-0.39, 0.29) is 11.7 Å². The Balaban J connectivity index is 1.94. The molecular formula is C16H18ClNO. The van der Waals surface area contributed by atoms with Crippen LogP contribution in [-0.4, -0.2) is 10.8 Å².